The molecule has 1 aromatic rings. The highest BCUT2D eigenvalue weighted by Crippen LogP contribution is 2.23. The lowest BCUT2D eigenvalue weighted by molar-refractivity contribution is 0.0626. The van der Waals surface area contributed by atoms with Gasteiger partial charge in [-0.05, 0) is 45.5 Å². The summed E-state index contributed by atoms with van der Waals surface area (Å²) in [5.41, 5.74) is 8.24. The molecule has 0 aromatic heterocycles. The molecular formula is C16H28N2O2. The first-order chi connectivity index (χ1) is 9.43. The Morgan fingerprint density at radius 2 is 1.95 bits per heavy atom. The van der Waals surface area contributed by atoms with E-state index in [0.717, 1.165) is 36.6 Å². The Morgan fingerprint density at radius 1 is 1.25 bits per heavy atom. The van der Waals surface area contributed by atoms with Crippen LogP contribution in [0.5, 0.6) is 5.75 Å². The first-order valence-electron chi connectivity index (χ1n) is 7.16. The molecule has 1 aromatic carbocycles. The summed E-state index contributed by atoms with van der Waals surface area (Å²) < 4.78 is 11.0. The van der Waals surface area contributed by atoms with Crippen LogP contribution in [0.2, 0.25) is 0 Å². The average molecular weight is 280 g/mol. The molecule has 2 N–H and O–H groups in total. The molecule has 1 unspecified atom stereocenters. The number of likely N-dealkylation sites (N-methyl/N-ethyl adjacent to an activating group) is 1. The van der Waals surface area contributed by atoms with E-state index in [1.807, 2.05) is 19.1 Å². The van der Waals surface area contributed by atoms with E-state index in [-0.39, 0.29) is 12.1 Å². The minimum atomic E-state index is 0.0363. The van der Waals surface area contributed by atoms with Crippen molar-refractivity contribution in [1.82, 2.24) is 4.90 Å². The van der Waals surface area contributed by atoms with E-state index < -0.39 is 0 Å². The van der Waals surface area contributed by atoms with Crippen LogP contribution in [0.3, 0.4) is 0 Å². The lowest BCUT2D eigenvalue weighted by Crippen LogP contribution is -2.24. The predicted molar refractivity (Wildman–Crippen MR) is 83.0 cm³/mol. The number of hydrogen-bond acceptors (Lipinski definition) is 4. The molecule has 0 amide bonds. The van der Waals surface area contributed by atoms with Crippen LogP contribution in [0, 0.1) is 0 Å². The second-order valence-electron chi connectivity index (χ2n) is 5.52. The number of benzene rings is 1. The van der Waals surface area contributed by atoms with E-state index in [0.29, 0.717) is 0 Å². The molecule has 0 aliphatic rings. The first kappa shape index (κ1) is 17.0. The highest BCUT2D eigenvalue weighted by atomic mass is 16.5. The summed E-state index contributed by atoms with van der Waals surface area (Å²) in [5, 5.41) is 0. The van der Waals surface area contributed by atoms with E-state index in [1.165, 1.54) is 0 Å². The number of ether oxygens (including phenoxy) is 2. The summed E-state index contributed by atoms with van der Waals surface area (Å²) >= 11 is 0. The zero-order valence-electron chi connectivity index (χ0n) is 13.3. The average Bonchev–Trinajstić information content (AvgIpc) is 2.38. The minimum Gasteiger partial charge on any atom is -0.496 e. The van der Waals surface area contributed by atoms with Gasteiger partial charge in [0.05, 0.1) is 19.8 Å². The van der Waals surface area contributed by atoms with Crippen LogP contribution in [-0.4, -0.2) is 38.3 Å². The Hall–Kier alpha value is -1.10. The van der Waals surface area contributed by atoms with Gasteiger partial charge >= 0.3 is 0 Å². The topological polar surface area (TPSA) is 47.7 Å². The van der Waals surface area contributed by atoms with Crippen LogP contribution >= 0.6 is 0 Å². The molecular weight excluding hydrogens is 252 g/mol. The lowest BCUT2D eigenvalue weighted by atomic mass is 10.0. The number of nitrogens with two attached hydrogens (primary N) is 1. The normalized spacial score (nSPS) is 13.0. The van der Waals surface area contributed by atoms with Gasteiger partial charge in [-0.15, -0.1) is 0 Å². The second kappa shape index (κ2) is 8.25. The molecule has 0 saturated heterocycles. The highest BCUT2D eigenvalue weighted by Gasteiger charge is 2.09. The van der Waals surface area contributed by atoms with Gasteiger partial charge in [-0.2, -0.15) is 0 Å². The fourth-order valence-corrected chi connectivity index (χ4v) is 2.02. The fraction of sp³-hybridized carbons (Fsp3) is 0.625. The quantitative estimate of drug-likeness (QED) is 0.795. The molecule has 0 spiro atoms. The van der Waals surface area contributed by atoms with Crippen molar-refractivity contribution in [2.75, 3.05) is 27.3 Å². The number of methoxy groups -OCH3 is 1. The molecule has 0 radical (unpaired) electrons. The Labute approximate surface area is 122 Å². The van der Waals surface area contributed by atoms with Crippen LogP contribution in [0.15, 0.2) is 18.2 Å². The smallest absolute Gasteiger partial charge is 0.123 e. The van der Waals surface area contributed by atoms with Crippen molar-refractivity contribution in [2.24, 2.45) is 5.73 Å². The molecule has 114 valence electrons. The summed E-state index contributed by atoms with van der Waals surface area (Å²) in [6.07, 6.45) is 0.277. The van der Waals surface area contributed by atoms with Crippen molar-refractivity contribution in [3.05, 3.63) is 29.3 Å². The molecule has 20 heavy (non-hydrogen) atoms. The van der Waals surface area contributed by atoms with Crippen molar-refractivity contribution >= 4 is 0 Å². The fourth-order valence-electron chi connectivity index (χ4n) is 2.02. The Bertz CT molecular complexity index is 405. The van der Waals surface area contributed by atoms with Gasteiger partial charge in [-0.3, -0.25) is 4.90 Å². The van der Waals surface area contributed by atoms with E-state index >= 15 is 0 Å². The standard InChI is InChI=1S/C16H28N2O2/c1-12(2)20-9-8-18(4)11-15-10-14(13(3)17)6-7-16(15)19-5/h6-7,10,12-13H,8-9,11,17H2,1-5H3. The SMILES string of the molecule is COc1ccc(C(C)N)cc1CN(C)CCOC(C)C. The molecule has 0 heterocycles. The van der Waals surface area contributed by atoms with Gasteiger partial charge in [0.15, 0.2) is 0 Å². The van der Waals surface area contributed by atoms with Crippen LogP contribution in [0.1, 0.15) is 37.9 Å². The largest absolute Gasteiger partial charge is 0.496 e. The third-order valence-electron chi connectivity index (χ3n) is 3.19. The summed E-state index contributed by atoms with van der Waals surface area (Å²) in [4.78, 5) is 2.23. The van der Waals surface area contributed by atoms with Crippen LogP contribution in [0.25, 0.3) is 0 Å². The third kappa shape index (κ3) is 5.49. The maximum absolute atomic E-state index is 5.94. The van der Waals surface area contributed by atoms with Crippen molar-refractivity contribution in [1.29, 1.82) is 0 Å². The highest BCUT2D eigenvalue weighted by molar-refractivity contribution is 5.38. The van der Waals surface area contributed by atoms with Gasteiger partial charge in [0.25, 0.3) is 0 Å². The maximum Gasteiger partial charge on any atom is 0.123 e. The Kier molecular flexibility index (Phi) is 6.99. The second-order valence-corrected chi connectivity index (χ2v) is 5.52. The first-order valence-corrected chi connectivity index (χ1v) is 7.16. The van der Waals surface area contributed by atoms with Crippen LogP contribution < -0.4 is 10.5 Å². The lowest BCUT2D eigenvalue weighted by Gasteiger charge is -2.20. The molecule has 0 saturated carbocycles. The van der Waals surface area contributed by atoms with E-state index in [9.17, 15) is 0 Å². The van der Waals surface area contributed by atoms with Gasteiger partial charge < -0.3 is 15.2 Å². The molecule has 0 bridgehead atoms. The van der Waals surface area contributed by atoms with Gasteiger partial charge in [-0.1, -0.05) is 6.07 Å². The van der Waals surface area contributed by atoms with Crippen LogP contribution in [-0.2, 0) is 11.3 Å². The molecule has 1 rings (SSSR count). The summed E-state index contributed by atoms with van der Waals surface area (Å²) in [7, 11) is 3.79. The van der Waals surface area contributed by atoms with Crippen molar-refractivity contribution in [3.8, 4) is 5.75 Å². The molecule has 4 heteroatoms. The van der Waals surface area contributed by atoms with Gasteiger partial charge in [0.1, 0.15) is 5.75 Å². The zero-order valence-corrected chi connectivity index (χ0v) is 13.3. The van der Waals surface area contributed by atoms with Crippen LogP contribution in [0.4, 0.5) is 0 Å². The van der Waals surface area contributed by atoms with Gasteiger partial charge in [-0.25, -0.2) is 0 Å². The van der Waals surface area contributed by atoms with E-state index in [4.69, 9.17) is 15.2 Å². The van der Waals surface area contributed by atoms with E-state index in [1.54, 1.807) is 7.11 Å². The number of hydrogen-bond donors (Lipinski definition) is 1. The van der Waals surface area contributed by atoms with Crippen molar-refractivity contribution < 1.29 is 9.47 Å². The van der Waals surface area contributed by atoms with Gasteiger partial charge in [0.2, 0.25) is 0 Å². The van der Waals surface area contributed by atoms with Crippen molar-refractivity contribution in [2.45, 2.75) is 39.5 Å². The Balaban J connectivity index is 2.66. The molecule has 0 aliphatic carbocycles. The maximum atomic E-state index is 5.94. The molecule has 0 fully saturated rings. The summed E-state index contributed by atoms with van der Waals surface area (Å²) in [5.74, 6) is 0.908. The number of rotatable bonds is 8. The zero-order chi connectivity index (χ0) is 15.1. The molecule has 0 aliphatic heterocycles. The van der Waals surface area contributed by atoms with Crippen molar-refractivity contribution in [3.63, 3.8) is 0 Å². The Morgan fingerprint density at radius 3 is 2.50 bits per heavy atom. The predicted octanol–water partition coefficient (Wildman–Crippen LogP) is 2.57. The summed E-state index contributed by atoms with van der Waals surface area (Å²) in [6.45, 7) is 8.55. The minimum absolute atomic E-state index is 0.0363. The van der Waals surface area contributed by atoms with E-state index in [2.05, 4.69) is 31.9 Å². The molecule has 1 atom stereocenters. The molecule has 4 nitrogen and oxygen atoms in total. The number of nitrogens with zero attached hydrogens (tertiary/aromatic N) is 1. The van der Waals surface area contributed by atoms with Gasteiger partial charge in [0, 0.05) is 24.7 Å². The third-order valence-corrected chi connectivity index (χ3v) is 3.19. The summed E-state index contributed by atoms with van der Waals surface area (Å²) in [6, 6.07) is 6.18. The monoisotopic (exact) mass is 280 g/mol.